The number of hydrogen-bond acceptors (Lipinski definition) is 10. The number of unbranched alkanes of at least 4 members (excludes halogenated alkanes) is 2. The van der Waals surface area contributed by atoms with Crippen molar-refractivity contribution < 1.29 is 38.7 Å². The van der Waals surface area contributed by atoms with Gasteiger partial charge in [-0.15, -0.1) is 0 Å². The monoisotopic (exact) mass is 770 g/mol. The number of carbonyl (C=O) groups excluding carboxylic acids is 7. The van der Waals surface area contributed by atoms with Crippen molar-refractivity contribution in [2.45, 2.75) is 155 Å². The van der Waals surface area contributed by atoms with Crippen LogP contribution in [0.4, 0.5) is 0 Å². The summed E-state index contributed by atoms with van der Waals surface area (Å²) in [6.45, 7) is 10.6. The number of nitrogens with two attached hydrogens (primary N) is 4. The first-order valence-electron chi connectivity index (χ1n) is 18.9. The Bertz CT molecular complexity index is 1250. The summed E-state index contributed by atoms with van der Waals surface area (Å²) in [5, 5.41) is 26.7. The number of aliphatic imine (C=N–C) groups is 1. The predicted octanol–water partition coefficient (Wildman–Crippen LogP) is -2.00. The normalized spacial score (nSPS) is 15.5. The Kier molecular flexibility index (Phi) is 24.9. The van der Waals surface area contributed by atoms with Gasteiger partial charge in [-0.3, -0.25) is 38.6 Å². The number of rotatable bonds is 29. The second-order valence-corrected chi connectivity index (χ2v) is 13.7. The maximum Gasteiger partial charge on any atom is 0.245 e. The van der Waals surface area contributed by atoms with E-state index in [0.717, 1.165) is 19.3 Å². The second kappa shape index (κ2) is 27.1. The average molecular weight is 770 g/mol. The Balaban J connectivity index is 6.07. The zero-order chi connectivity index (χ0) is 41.4. The van der Waals surface area contributed by atoms with Crippen LogP contribution in [0.1, 0.15) is 112 Å². The number of aliphatic hydroxyl groups is 1. The van der Waals surface area contributed by atoms with Crippen molar-refractivity contribution in [3.05, 3.63) is 0 Å². The van der Waals surface area contributed by atoms with E-state index >= 15 is 0 Å². The van der Waals surface area contributed by atoms with Crippen LogP contribution in [-0.2, 0) is 33.6 Å². The number of amides is 7. The number of hydrogen-bond donors (Lipinski definition) is 11. The number of nitrogens with one attached hydrogen (secondary N) is 6. The predicted molar refractivity (Wildman–Crippen MR) is 205 cm³/mol. The third-order valence-corrected chi connectivity index (χ3v) is 8.86. The average Bonchev–Trinajstić information content (AvgIpc) is 3.09. The lowest BCUT2D eigenvalue weighted by Crippen LogP contribution is -2.60. The first-order chi connectivity index (χ1) is 25.4. The van der Waals surface area contributed by atoms with Crippen molar-refractivity contribution in [1.82, 2.24) is 31.9 Å². The molecule has 0 spiro atoms. The zero-order valence-electron chi connectivity index (χ0n) is 32.9. The molecule has 310 valence electrons. The van der Waals surface area contributed by atoms with E-state index in [2.05, 4.69) is 36.9 Å². The smallest absolute Gasteiger partial charge is 0.245 e. The van der Waals surface area contributed by atoms with Gasteiger partial charge < -0.3 is 59.9 Å². The van der Waals surface area contributed by atoms with Gasteiger partial charge in [0.05, 0.1) is 12.1 Å². The van der Waals surface area contributed by atoms with E-state index in [-0.39, 0.29) is 44.2 Å². The fourth-order valence-electron chi connectivity index (χ4n) is 5.44. The molecule has 0 saturated heterocycles. The molecule has 0 fully saturated rings. The molecule has 0 aliphatic carbocycles. The van der Waals surface area contributed by atoms with Crippen LogP contribution in [0.15, 0.2) is 4.99 Å². The first-order valence-corrected chi connectivity index (χ1v) is 18.9. The SMILES string of the molecule is CCCC[C@H](CN[C@@H](CCCC)C(=O)N[C@H](CCC(N)=O)C(=O)N[C@@H](CCCN=C(N)N)C(N)=O)NC(=O)[C@@H](NC(=O)[C@H](NC(C)=O)[C@H](C)O)[C@@H](C)CC. The molecule has 0 heterocycles. The molecular weight excluding hydrogens is 702 g/mol. The van der Waals surface area contributed by atoms with Crippen LogP contribution < -0.4 is 54.8 Å². The molecule has 0 radical (unpaired) electrons. The van der Waals surface area contributed by atoms with Gasteiger partial charge in [-0.05, 0) is 44.9 Å². The Morgan fingerprint density at radius 2 is 1.20 bits per heavy atom. The maximum absolute atomic E-state index is 13.7. The molecule has 0 aliphatic heterocycles. The van der Waals surface area contributed by atoms with Gasteiger partial charge in [-0.2, -0.15) is 0 Å². The van der Waals surface area contributed by atoms with Crippen molar-refractivity contribution in [3.8, 4) is 0 Å². The molecule has 19 nitrogen and oxygen atoms in total. The fraction of sp³-hybridized carbons (Fsp3) is 0.771. The molecular formula is C35H67N11O8. The van der Waals surface area contributed by atoms with Crippen molar-refractivity contribution in [2.75, 3.05) is 13.1 Å². The molecule has 7 amide bonds. The third-order valence-electron chi connectivity index (χ3n) is 8.86. The van der Waals surface area contributed by atoms with Crippen molar-refractivity contribution in [3.63, 3.8) is 0 Å². The van der Waals surface area contributed by atoms with Gasteiger partial charge in [-0.1, -0.05) is 59.8 Å². The zero-order valence-corrected chi connectivity index (χ0v) is 32.9. The first kappa shape index (κ1) is 49.5. The summed E-state index contributed by atoms with van der Waals surface area (Å²) in [6, 6.07) is -5.84. The fourth-order valence-corrected chi connectivity index (χ4v) is 5.44. The summed E-state index contributed by atoms with van der Waals surface area (Å²) in [5.41, 5.74) is 21.5. The maximum atomic E-state index is 13.7. The Morgan fingerprint density at radius 1 is 0.648 bits per heavy atom. The minimum absolute atomic E-state index is 0.123. The van der Waals surface area contributed by atoms with Crippen LogP contribution >= 0.6 is 0 Å². The highest BCUT2D eigenvalue weighted by molar-refractivity contribution is 5.94. The van der Waals surface area contributed by atoms with Gasteiger partial charge in [0.25, 0.3) is 0 Å². The highest BCUT2D eigenvalue weighted by Crippen LogP contribution is 2.12. The van der Waals surface area contributed by atoms with E-state index in [0.29, 0.717) is 32.1 Å². The third kappa shape index (κ3) is 20.6. The molecule has 0 bridgehead atoms. The Labute approximate surface area is 319 Å². The molecule has 0 aromatic heterocycles. The molecule has 8 atom stereocenters. The van der Waals surface area contributed by atoms with Gasteiger partial charge in [0, 0.05) is 32.5 Å². The van der Waals surface area contributed by atoms with Gasteiger partial charge in [0.15, 0.2) is 5.96 Å². The van der Waals surface area contributed by atoms with Crippen molar-refractivity contribution in [2.24, 2.45) is 33.8 Å². The minimum atomic E-state index is -1.26. The summed E-state index contributed by atoms with van der Waals surface area (Å²) in [6.07, 6.45) is 3.31. The van der Waals surface area contributed by atoms with Gasteiger partial charge in [-0.25, -0.2) is 0 Å². The standard InChI is InChI=1S/C35H67N11O8/c1-7-10-13-23(43-33(53)28(20(4)9-3)46-34(54)29(21(5)47)42-22(6)48)19-41-25(14-11-8-2)31(51)45-26(16-17-27(36)49)32(52)44-24(30(37)50)15-12-18-40-35(38)39/h20-21,23-26,28-29,41,47H,7-19H2,1-6H3,(H2,36,49)(H2,37,50)(H,42,48)(H,43,53)(H,44,52)(H,45,51)(H,46,54)(H4,38,39,40)/t20-,21-,23+,24-,25-,26+,28-,29+/m0/s1. The van der Waals surface area contributed by atoms with Crippen LogP contribution in [0.5, 0.6) is 0 Å². The topological polar surface area (TPSA) is 328 Å². The molecule has 15 N–H and O–H groups in total. The van der Waals surface area contributed by atoms with E-state index in [1.807, 2.05) is 20.8 Å². The van der Waals surface area contributed by atoms with Crippen LogP contribution in [0.25, 0.3) is 0 Å². The van der Waals surface area contributed by atoms with Gasteiger partial charge in [0.2, 0.25) is 41.4 Å². The highest BCUT2D eigenvalue weighted by atomic mass is 16.3. The van der Waals surface area contributed by atoms with E-state index < -0.39 is 83.7 Å². The number of guanidine groups is 1. The summed E-state index contributed by atoms with van der Waals surface area (Å²) < 4.78 is 0. The van der Waals surface area contributed by atoms with E-state index in [1.165, 1.54) is 13.8 Å². The summed E-state index contributed by atoms with van der Waals surface area (Å²) in [4.78, 5) is 93.1. The van der Waals surface area contributed by atoms with Gasteiger partial charge >= 0.3 is 0 Å². The number of primary amides is 2. The number of carbonyl (C=O) groups is 7. The molecule has 19 heteroatoms. The van der Waals surface area contributed by atoms with Crippen LogP contribution in [0.2, 0.25) is 0 Å². The molecule has 54 heavy (non-hydrogen) atoms. The van der Waals surface area contributed by atoms with Crippen molar-refractivity contribution in [1.29, 1.82) is 0 Å². The van der Waals surface area contributed by atoms with E-state index in [4.69, 9.17) is 22.9 Å². The Hall–Kier alpha value is -4.52. The van der Waals surface area contributed by atoms with Crippen molar-refractivity contribution >= 4 is 47.3 Å². The van der Waals surface area contributed by atoms with Crippen LogP contribution in [0.3, 0.4) is 0 Å². The van der Waals surface area contributed by atoms with E-state index in [1.54, 1.807) is 6.92 Å². The summed E-state index contributed by atoms with van der Waals surface area (Å²) in [5.74, 6) is -4.88. The van der Waals surface area contributed by atoms with Crippen LogP contribution in [-0.4, -0.2) is 108 Å². The number of aliphatic hydroxyl groups excluding tert-OH is 1. The lowest BCUT2D eigenvalue weighted by molar-refractivity contribution is -0.134. The van der Waals surface area contributed by atoms with Crippen LogP contribution in [0, 0.1) is 5.92 Å². The molecule has 0 rings (SSSR count). The van der Waals surface area contributed by atoms with E-state index in [9.17, 15) is 38.7 Å². The molecule has 0 aliphatic rings. The quantitative estimate of drug-likeness (QED) is 0.0225. The molecule has 0 unspecified atom stereocenters. The molecule has 0 aromatic rings. The molecule has 0 aromatic carbocycles. The van der Waals surface area contributed by atoms with Gasteiger partial charge in [0.1, 0.15) is 24.2 Å². The highest BCUT2D eigenvalue weighted by Gasteiger charge is 2.33. The molecule has 0 saturated carbocycles. The minimum Gasteiger partial charge on any atom is -0.391 e. The largest absolute Gasteiger partial charge is 0.391 e. The summed E-state index contributed by atoms with van der Waals surface area (Å²) in [7, 11) is 0. The lowest BCUT2D eigenvalue weighted by Gasteiger charge is -2.30. The lowest BCUT2D eigenvalue weighted by atomic mass is 9.96. The summed E-state index contributed by atoms with van der Waals surface area (Å²) >= 11 is 0. The second-order valence-electron chi connectivity index (χ2n) is 13.7. The number of nitrogens with zero attached hydrogens (tertiary/aromatic N) is 1. The Morgan fingerprint density at radius 3 is 1.72 bits per heavy atom.